The summed E-state index contributed by atoms with van der Waals surface area (Å²) in [5, 5.41) is 9.43. The highest BCUT2D eigenvalue weighted by atomic mass is 16.3. The summed E-state index contributed by atoms with van der Waals surface area (Å²) in [6.45, 7) is 5.27. The Kier molecular flexibility index (Phi) is 2.13. The average Bonchev–Trinajstić information content (AvgIpc) is 2.32. The van der Waals surface area contributed by atoms with E-state index in [1.807, 2.05) is 6.92 Å². The van der Waals surface area contributed by atoms with E-state index in [1.165, 1.54) is 25.8 Å². The van der Waals surface area contributed by atoms with Gasteiger partial charge in [-0.1, -0.05) is 6.42 Å². The number of fused-ring (bicyclic) bond motifs is 1. The van der Waals surface area contributed by atoms with Gasteiger partial charge in [0.05, 0.1) is 6.10 Å². The number of rotatable bonds is 2. The zero-order chi connectivity index (χ0) is 8.72. The largest absolute Gasteiger partial charge is 0.392 e. The van der Waals surface area contributed by atoms with Gasteiger partial charge in [-0.2, -0.15) is 0 Å². The Bertz CT molecular complexity index is 167. The molecular formula is C10H19NO. The van der Waals surface area contributed by atoms with Crippen LogP contribution in [-0.4, -0.2) is 34.7 Å². The molecule has 0 amide bonds. The second kappa shape index (κ2) is 3.00. The first-order valence-corrected chi connectivity index (χ1v) is 5.14. The molecule has 4 atom stereocenters. The van der Waals surface area contributed by atoms with Crippen LogP contribution in [0.25, 0.3) is 0 Å². The minimum absolute atomic E-state index is 0.174. The molecule has 1 heterocycles. The Labute approximate surface area is 74.6 Å². The maximum Gasteiger partial charge on any atom is 0.0664 e. The number of hydrogen-bond donors (Lipinski definition) is 1. The Morgan fingerprint density at radius 1 is 1.33 bits per heavy atom. The van der Waals surface area contributed by atoms with E-state index < -0.39 is 0 Å². The summed E-state index contributed by atoms with van der Waals surface area (Å²) in [6.07, 6.45) is 4.01. The SMILES string of the molecule is CC(O)C(C)N1CC2CCCC21. The van der Waals surface area contributed by atoms with E-state index >= 15 is 0 Å². The molecule has 1 N–H and O–H groups in total. The fourth-order valence-electron chi connectivity index (χ4n) is 2.68. The molecule has 0 aromatic carbocycles. The summed E-state index contributed by atoms with van der Waals surface area (Å²) in [5.74, 6) is 0.964. The van der Waals surface area contributed by atoms with Gasteiger partial charge in [-0.25, -0.2) is 0 Å². The van der Waals surface area contributed by atoms with Crippen LogP contribution in [0.5, 0.6) is 0 Å². The predicted octanol–water partition coefficient (Wildman–Crippen LogP) is 1.24. The van der Waals surface area contributed by atoms with E-state index in [4.69, 9.17) is 0 Å². The monoisotopic (exact) mass is 169 g/mol. The lowest BCUT2D eigenvalue weighted by Gasteiger charge is -2.49. The van der Waals surface area contributed by atoms with Gasteiger partial charge in [0, 0.05) is 18.6 Å². The van der Waals surface area contributed by atoms with Crippen molar-refractivity contribution in [2.75, 3.05) is 6.54 Å². The molecule has 1 aliphatic heterocycles. The number of likely N-dealkylation sites (tertiary alicyclic amines) is 1. The van der Waals surface area contributed by atoms with Gasteiger partial charge in [-0.3, -0.25) is 4.90 Å². The van der Waals surface area contributed by atoms with Crippen molar-refractivity contribution in [1.82, 2.24) is 4.90 Å². The van der Waals surface area contributed by atoms with Crippen LogP contribution >= 0.6 is 0 Å². The second-order valence-electron chi connectivity index (χ2n) is 4.44. The minimum atomic E-state index is -0.174. The summed E-state index contributed by atoms with van der Waals surface area (Å²) in [4.78, 5) is 2.47. The zero-order valence-corrected chi connectivity index (χ0v) is 8.03. The smallest absolute Gasteiger partial charge is 0.0664 e. The highest BCUT2D eigenvalue weighted by molar-refractivity contribution is 4.98. The number of hydrogen-bond acceptors (Lipinski definition) is 2. The molecule has 4 unspecified atom stereocenters. The third kappa shape index (κ3) is 1.17. The highest BCUT2D eigenvalue weighted by Gasteiger charge is 2.44. The molecule has 1 aliphatic carbocycles. The Balaban J connectivity index is 1.91. The van der Waals surface area contributed by atoms with Crippen LogP contribution in [-0.2, 0) is 0 Å². The molecule has 0 aromatic heterocycles. The van der Waals surface area contributed by atoms with E-state index in [0.29, 0.717) is 6.04 Å². The summed E-state index contributed by atoms with van der Waals surface area (Å²) in [6, 6.07) is 1.18. The van der Waals surface area contributed by atoms with Crippen LogP contribution in [0.2, 0.25) is 0 Å². The molecule has 2 fully saturated rings. The first-order chi connectivity index (χ1) is 5.70. The van der Waals surface area contributed by atoms with Gasteiger partial charge in [0.2, 0.25) is 0 Å². The molecule has 12 heavy (non-hydrogen) atoms. The first kappa shape index (κ1) is 8.52. The van der Waals surface area contributed by atoms with Crippen molar-refractivity contribution in [3.63, 3.8) is 0 Å². The molecule has 2 rings (SSSR count). The van der Waals surface area contributed by atoms with Gasteiger partial charge in [-0.05, 0) is 32.6 Å². The third-order valence-corrected chi connectivity index (χ3v) is 3.71. The lowest BCUT2D eigenvalue weighted by molar-refractivity contribution is -0.0410. The number of aliphatic hydroxyl groups is 1. The highest BCUT2D eigenvalue weighted by Crippen LogP contribution is 2.40. The minimum Gasteiger partial charge on any atom is -0.392 e. The van der Waals surface area contributed by atoms with Crippen molar-refractivity contribution in [1.29, 1.82) is 0 Å². The van der Waals surface area contributed by atoms with Gasteiger partial charge in [0.15, 0.2) is 0 Å². The maximum absolute atomic E-state index is 9.43. The van der Waals surface area contributed by atoms with Gasteiger partial charge in [0.1, 0.15) is 0 Å². The van der Waals surface area contributed by atoms with Gasteiger partial charge in [-0.15, -0.1) is 0 Å². The van der Waals surface area contributed by atoms with E-state index in [9.17, 15) is 5.11 Å². The molecule has 0 radical (unpaired) electrons. The summed E-state index contributed by atoms with van der Waals surface area (Å²) >= 11 is 0. The molecule has 2 heteroatoms. The average molecular weight is 169 g/mol. The summed E-state index contributed by atoms with van der Waals surface area (Å²) in [7, 11) is 0. The van der Waals surface area contributed by atoms with Crippen LogP contribution < -0.4 is 0 Å². The molecule has 0 bridgehead atoms. The molecule has 2 nitrogen and oxygen atoms in total. The fraction of sp³-hybridized carbons (Fsp3) is 1.00. The van der Waals surface area contributed by atoms with E-state index in [1.54, 1.807) is 0 Å². The van der Waals surface area contributed by atoms with Crippen molar-refractivity contribution in [2.45, 2.75) is 51.3 Å². The lowest BCUT2D eigenvalue weighted by Crippen LogP contribution is -2.59. The molecular weight excluding hydrogens is 150 g/mol. The molecule has 70 valence electrons. The molecule has 0 spiro atoms. The van der Waals surface area contributed by atoms with Crippen molar-refractivity contribution >= 4 is 0 Å². The van der Waals surface area contributed by atoms with Crippen molar-refractivity contribution in [3.8, 4) is 0 Å². The lowest BCUT2D eigenvalue weighted by atomic mass is 9.89. The van der Waals surface area contributed by atoms with Gasteiger partial charge in [0.25, 0.3) is 0 Å². The maximum atomic E-state index is 9.43. The van der Waals surface area contributed by atoms with E-state index in [-0.39, 0.29) is 6.10 Å². The Morgan fingerprint density at radius 2 is 2.08 bits per heavy atom. The summed E-state index contributed by atoms with van der Waals surface area (Å²) in [5.41, 5.74) is 0. The van der Waals surface area contributed by atoms with Crippen LogP contribution in [0.15, 0.2) is 0 Å². The van der Waals surface area contributed by atoms with Crippen LogP contribution in [0.4, 0.5) is 0 Å². The quantitative estimate of drug-likeness (QED) is 0.672. The van der Waals surface area contributed by atoms with E-state index in [2.05, 4.69) is 11.8 Å². The van der Waals surface area contributed by atoms with Crippen LogP contribution in [0.1, 0.15) is 33.1 Å². The topological polar surface area (TPSA) is 23.5 Å². The first-order valence-electron chi connectivity index (χ1n) is 5.14. The Morgan fingerprint density at radius 3 is 2.67 bits per heavy atom. The second-order valence-corrected chi connectivity index (χ2v) is 4.44. The van der Waals surface area contributed by atoms with Gasteiger partial charge < -0.3 is 5.11 Å². The van der Waals surface area contributed by atoms with Crippen LogP contribution in [0, 0.1) is 5.92 Å². The summed E-state index contributed by atoms with van der Waals surface area (Å²) < 4.78 is 0. The number of nitrogens with zero attached hydrogens (tertiary/aromatic N) is 1. The van der Waals surface area contributed by atoms with E-state index in [0.717, 1.165) is 12.0 Å². The van der Waals surface area contributed by atoms with Crippen molar-refractivity contribution in [3.05, 3.63) is 0 Å². The Hall–Kier alpha value is -0.0800. The van der Waals surface area contributed by atoms with Crippen LogP contribution in [0.3, 0.4) is 0 Å². The predicted molar refractivity (Wildman–Crippen MR) is 49.0 cm³/mol. The third-order valence-electron chi connectivity index (χ3n) is 3.71. The molecule has 2 aliphatic rings. The molecule has 1 saturated heterocycles. The standard InChI is InChI=1S/C10H19NO/c1-7(8(2)12)11-6-9-4-3-5-10(9)11/h7-10,12H,3-6H2,1-2H3. The fourth-order valence-corrected chi connectivity index (χ4v) is 2.68. The normalized spacial score (nSPS) is 40.2. The van der Waals surface area contributed by atoms with Gasteiger partial charge >= 0.3 is 0 Å². The molecule has 1 saturated carbocycles. The zero-order valence-electron chi connectivity index (χ0n) is 8.03. The van der Waals surface area contributed by atoms with Crippen molar-refractivity contribution in [2.24, 2.45) is 5.92 Å². The number of aliphatic hydroxyl groups excluding tert-OH is 1. The van der Waals surface area contributed by atoms with Crippen molar-refractivity contribution < 1.29 is 5.11 Å². The molecule has 0 aromatic rings.